The molecule has 4 aliphatic carbocycles. The Morgan fingerprint density at radius 3 is 2.35 bits per heavy atom. The molecule has 0 aromatic heterocycles. The molecule has 0 spiro atoms. The zero-order valence-electron chi connectivity index (χ0n) is 15.2. The fraction of sp³-hybridized carbons (Fsp3) is 0.950. The number of hydrogen-bond acceptors (Lipinski definition) is 2. The summed E-state index contributed by atoms with van der Waals surface area (Å²) in [5.41, 5.74) is 6.93. The van der Waals surface area contributed by atoms with Gasteiger partial charge in [-0.15, -0.1) is 0 Å². The molecule has 130 valence electrons. The maximum atomic E-state index is 13.6. The molecule has 4 unspecified atom stereocenters. The Labute approximate surface area is 141 Å². The van der Waals surface area contributed by atoms with Gasteiger partial charge < -0.3 is 10.6 Å². The van der Waals surface area contributed by atoms with E-state index >= 15 is 0 Å². The maximum Gasteiger partial charge on any atom is 0.228 e. The van der Waals surface area contributed by atoms with Gasteiger partial charge >= 0.3 is 0 Å². The van der Waals surface area contributed by atoms with Crippen LogP contribution < -0.4 is 5.73 Å². The smallest absolute Gasteiger partial charge is 0.228 e. The van der Waals surface area contributed by atoms with Gasteiger partial charge in [-0.2, -0.15) is 0 Å². The summed E-state index contributed by atoms with van der Waals surface area (Å²) in [6, 6.07) is 0.206. The average molecular weight is 319 g/mol. The Morgan fingerprint density at radius 1 is 1.13 bits per heavy atom. The highest BCUT2D eigenvalue weighted by Gasteiger charge is 2.63. The van der Waals surface area contributed by atoms with Crippen LogP contribution in [0.4, 0.5) is 0 Å². The Balaban J connectivity index is 1.58. The summed E-state index contributed by atoms with van der Waals surface area (Å²) in [5.74, 6) is 1.77. The molecule has 0 aromatic carbocycles. The van der Waals surface area contributed by atoms with Crippen molar-refractivity contribution in [1.82, 2.24) is 4.90 Å². The highest BCUT2D eigenvalue weighted by atomic mass is 16.2. The van der Waals surface area contributed by atoms with E-state index in [2.05, 4.69) is 25.7 Å². The molecule has 5 fully saturated rings. The van der Waals surface area contributed by atoms with Gasteiger partial charge in [0.25, 0.3) is 0 Å². The van der Waals surface area contributed by atoms with E-state index in [0.29, 0.717) is 22.7 Å². The second-order valence-corrected chi connectivity index (χ2v) is 10.4. The number of hydrogen-bond donors (Lipinski definition) is 1. The van der Waals surface area contributed by atoms with Gasteiger partial charge in [0, 0.05) is 19.1 Å². The van der Waals surface area contributed by atoms with Crippen LogP contribution in [0.5, 0.6) is 0 Å². The molecule has 4 atom stereocenters. The number of rotatable bonds is 2. The Hall–Kier alpha value is -0.570. The van der Waals surface area contributed by atoms with E-state index in [1.165, 1.54) is 25.7 Å². The molecule has 1 amide bonds. The Kier molecular flexibility index (Phi) is 3.44. The first kappa shape index (κ1) is 15.9. The molecule has 4 saturated carbocycles. The number of carbonyl (C=O) groups excluding carboxylic acids is 1. The van der Waals surface area contributed by atoms with E-state index in [1.807, 2.05) is 0 Å². The van der Waals surface area contributed by atoms with Crippen LogP contribution in [-0.2, 0) is 4.79 Å². The molecule has 5 aliphatic rings. The van der Waals surface area contributed by atoms with Crippen molar-refractivity contribution in [3.05, 3.63) is 0 Å². The van der Waals surface area contributed by atoms with Crippen molar-refractivity contribution in [1.29, 1.82) is 0 Å². The number of nitrogens with zero attached hydrogens (tertiary/aromatic N) is 1. The molecule has 23 heavy (non-hydrogen) atoms. The minimum atomic E-state index is -0.0390. The third-order valence-corrected chi connectivity index (χ3v) is 7.57. The standard InChI is InChI=1S/C20H34N2O/c1-14(21)16-5-4-6-22(10-16)17(23)20-9-15-7-18(2,12-20)11-19(3,8-15)13-20/h14-16H,4-13,21H2,1-3H3. The first-order valence-electron chi connectivity index (χ1n) is 9.78. The topological polar surface area (TPSA) is 46.3 Å². The van der Waals surface area contributed by atoms with Crippen LogP contribution in [0.2, 0.25) is 0 Å². The number of likely N-dealkylation sites (tertiary alicyclic amines) is 1. The van der Waals surface area contributed by atoms with Crippen molar-refractivity contribution >= 4 is 5.91 Å². The highest BCUT2D eigenvalue weighted by Crippen LogP contribution is 2.69. The zero-order valence-corrected chi connectivity index (χ0v) is 15.2. The van der Waals surface area contributed by atoms with Crippen molar-refractivity contribution in [2.45, 2.75) is 78.2 Å². The van der Waals surface area contributed by atoms with Crippen LogP contribution in [0.25, 0.3) is 0 Å². The van der Waals surface area contributed by atoms with E-state index in [4.69, 9.17) is 5.73 Å². The largest absolute Gasteiger partial charge is 0.342 e. The van der Waals surface area contributed by atoms with Crippen molar-refractivity contribution in [2.75, 3.05) is 13.1 Å². The number of piperidine rings is 1. The van der Waals surface area contributed by atoms with Crippen LogP contribution in [0, 0.1) is 28.1 Å². The van der Waals surface area contributed by atoms with Crippen molar-refractivity contribution < 1.29 is 4.79 Å². The lowest BCUT2D eigenvalue weighted by molar-refractivity contribution is -0.181. The van der Waals surface area contributed by atoms with Gasteiger partial charge in [-0.25, -0.2) is 0 Å². The van der Waals surface area contributed by atoms with E-state index in [9.17, 15) is 4.79 Å². The maximum absolute atomic E-state index is 13.6. The highest BCUT2D eigenvalue weighted by molar-refractivity contribution is 5.83. The molecule has 1 aliphatic heterocycles. The molecule has 0 aromatic rings. The van der Waals surface area contributed by atoms with Gasteiger partial charge in [0.1, 0.15) is 0 Å². The van der Waals surface area contributed by atoms with E-state index in [1.54, 1.807) is 0 Å². The molecule has 3 nitrogen and oxygen atoms in total. The third-order valence-electron chi connectivity index (χ3n) is 7.57. The van der Waals surface area contributed by atoms with Crippen molar-refractivity contribution in [3.8, 4) is 0 Å². The predicted molar refractivity (Wildman–Crippen MR) is 92.8 cm³/mol. The minimum absolute atomic E-state index is 0.0390. The van der Waals surface area contributed by atoms with E-state index in [0.717, 1.165) is 44.7 Å². The van der Waals surface area contributed by atoms with E-state index < -0.39 is 0 Å². The van der Waals surface area contributed by atoms with E-state index in [-0.39, 0.29) is 11.5 Å². The molecule has 5 rings (SSSR count). The summed E-state index contributed by atoms with van der Waals surface area (Å²) in [5, 5.41) is 0. The molecular weight excluding hydrogens is 284 g/mol. The number of amides is 1. The van der Waals surface area contributed by atoms with Crippen LogP contribution >= 0.6 is 0 Å². The summed E-state index contributed by atoms with van der Waals surface area (Å²) in [6.07, 6.45) is 9.83. The van der Waals surface area contributed by atoms with Crippen molar-refractivity contribution in [3.63, 3.8) is 0 Å². The second-order valence-electron chi connectivity index (χ2n) is 10.4. The quantitative estimate of drug-likeness (QED) is 0.846. The zero-order chi connectivity index (χ0) is 16.5. The van der Waals surface area contributed by atoms with Gasteiger partial charge in [0.15, 0.2) is 0 Å². The summed E-state index contributed by atoms with van der Waals surface area (Å²) < 4.78 is 0. The second kappa shape index (κ2) is 4.97. The monoisotopic (exact) mass is 318 g/mol. The molecule has 4 bridgehead atoms. The third kappa shape index (κ3) is 2.54. The first-order chi connectivity index (χ1) is 10.7. The summed E-state index contributed by atoms with van der Waals surface area (Å²) in [7, 11) is 0. The van der Waals surface area contributed by atoms with Gasteiger partial charge in [0.2, 0.25) is 5.91 Å². The lowest BCUT2D eigenvalue weighted by atomic mass is 9.40. The van der Waals surface area contributed by atoms with Crippen LogP contribution in [0.3, 0.4) is 0 Å². The van der Waals surface area contributed by atoms with Crippen LogP contribution in [0.15, 0.2) is 0 Å². The lowest BCUT2D eigenvalue weighted by Crippen LogP contribution is -2.61. The fourth-order valence-electron chi connectivity index (χ4n) is 7.65. The number of nitrogens with two attached hydrogens (primary N) is 1. The van der Waals surface area contributed by atoms with Gasteiger partial charge in [0.05, 0.1) is 5.41 Å². The summed E-state index contributed by atoms with van der Waals surface area (Å²) >= 11 is 0. The SMILES string of the molecule is CC(N)C1CCCN(C(=O)C23CC4CC(C)(CC(C)(C4)C2)C3)C1. The molecule has 1 saturated heterocycles. The van der Waals surface area contributed by atoms with Crippen LogP contribution in [0.1, 0.15) is 72.1 Å². The fourth-order valence-corrected chi connectivity index (χ4v) is 7.65. The lowest BCUT2D eigenvalue weighted by Gasteiger charge is -2.65. The molecule has 0 radical (unpaired) electrons. The molecular formula is C20H34N2O. The Bertz CT molecular complexity index is 496. The molecule has 3 heteroatoms. The number of carbonyl (C=O) groups is 1. The Morgan fingerprint density at radius 2 is 1.78 bits per heavy atom. The van der Waals surface area contributed by atoms with Crippen LogP contribution in [-0.4, -0.2) is 29.9 Å². The van der Waals surface area contributed by atoms with Gasteiger partial charge in [-0.1, -0.05) is 13.8 Å². The minimum Gasteiger partial charge on any atom is -0.342 e. The summed E-state index contributed by atoms with van der Waals surface area (Å²) in [6.45, 7) is 8.88. The van der Waals surface area contributed by atoms with Crippen molar-refractivity contribution in [2.24, 2.45) is 33.8 Å². The molecule has 1 heterocycles. The first-order valence-corrected chi connectivity index (χ1v) is 9.78. The molecule has 2 N–H and O–H groups in total. The summed E-state index contributed by atoms with van der Waals surface area (Å²) in [4.78, 5) is 15.8. The predicted octanol–water partition coefficient (Wildman–Crippen LogP) is 3.57. The normalized spacial score (nSPS) is 50.2. The average Bonchev–Trinajstić information content (AvgIpc) is 2.42. The van der Waals surface area contributed by atoms with Gasteiger partial charge in [-0.05, 0) is 81.0 Å². The van der Waals surface area contributed by atoms with Gasteiger partial charge in [-0.3, -0.25) is 4.79 Å².